The molecule has 2 amide bonds. The predicted octanol–water partition coefficient (Wildman–Crippen LogP) is 4.91. The molecule has 3 aromatic rings. The minimum atomic E-state index is -4.20. The quantitative estimate of drug-likeness (QED) is 0.283. The van der Waals surface area contributed by atoms with Gasteiger partial charge in [-0.3, -0.25) is 13.9 Å². The number of hydrogen-bond donors (Lipinski definition) is 1. The Morgan fingerprint density at radius 1 is 0.951 bits per heavy atom. The number of carbonyl (C=O) groups is 2. The third-order valence-corrected chi connectivity index (χ3v) is 8.95. The molecule has 0 spiro atoms. The van der Waals surface area contributed by atoms with Gasteiger partial charge in [0.15, 0.2) is 0 Å². The molecule has 3 aromatic carbocycles. The van der Waals surface area contributed by atoms with E-state index in [4.69, 9.17) is 9.47 Å². The van der Waals surface area contributed by atoms with Crippen LogP contribution in [-0.4, -0.2) is 58.5 Å². The second-order valence-electron chi connectivity index (χ2n) is 9.33. The van der Waals surface area contributed by atoms with E-state index >= 15 is 0 Å². The molecule has 0 aliphatic carbocycles. The summed E-state index contributed by atoms with van der Waals surface area (Å²) < 4.78 is 40.1. The van der Waals surface area contributed by atoms with Crippen molar-refractivity contribution >= 4 is 43.5 Å². The standard InChI is InChI=1S/C30H36BrN3O6S/c1-6-27(30(36)32-7-2)33(19-22-10-14-24(39-4)15-11-22)29(35)20-34(23-12-8-21(3)9-13-23)41(37,38)25-16-17-28(40-5)26(31)18-25/h8-18,27H,6-7,19-20H2,1-5H3,(H,32,36)/t27-/m0/s1. The minimum Gasteiger partial charge on any atom is -0.497 e. The number of carbonyl (C=O) groups excluding carboxylic acids is 2. The molecule has 0 aliphatic rings. The van der Waals surface area contributed by atoms with Crippen LogP contribution < -0.4 is 19.1 Å². The van der Waals surface area contributed by atoms with E-state index in [-0.39, 0.29) is 17.3 Å². The Morgan fingerprint density at radius 2 is 1.61 bits per heavy atom. The normalized spacial score (nSPS) is 11.9. The van der Waals surface area contributed by atoms with Gasteiger partial charge in [-0.05, 0) is 84.2 Å². The largest absolute Gasteiger partial charge is 0.497 e. The maximum Gasteiger partial charge on any atom is 0.264 e. The van der Waals surface area contributed by atoms with E-state index in [2.05, 4.69) is 21.2 Å². The van der Waals surface area contributed by atoms with Crippen LogP contribution in [-0.2, 0) is 26.2 Å². The van der Waals surface area contributed by atoms with Crippen molar-refractivity contribution in [2.75, 3.05) is 31.6 Å². The van der Waals surface area contributed by atoms with Gasteiger partial charge in [-0.25, -0.2) is 8.42 Å². The third-order valence-electron chi connectivity index (χ3n) is 6.56. The summed E-state index contributed by atoms with van der Waals surface area (Å²) >= 11 is 3.36. The number of likely N-dealkylation sites (N-methyl/N-ethyl adjacent to an activating group) is 1. The van der Waals surface area contributed by atoms with Crippen LogP contribution in [0.25, 0.3) is 0 Å². The molecular weight excluding hydrogens is 610 g/mol. The van der Waals surface area contributed by atoms with Gasteiger partial charge in [0.2, 0.25) is 11.8 Å². The zero-order chi connectivity index (χ0) is 30.2. The summed E-state index contributed by atoms with van der Waals surface area (Å²) in [5.41, 5.74) is 2.03. The van der Waals surface area contributed by atoms with Gasteiger partial charge in [0, 0.05) is 13.1 Å². The Kier molecular flexibility index (Phi) is 11.2. The second kappa shape index (κ2) is 14.4. The van der Waals surface area contributed by atoms with E-state index in [0.717, 1.165) is 15.4 Å². The van der Waals surface area contributed by atoms with Gasteiger partial charge >= 0.3 is 0 Å². The van der Waals surface area contributed by atoms with E-state index in [0.29, 0.717) is 34.6 Å². The Labute approximate surface area is 250 Å². The number of methoxy groups -OCH3 is 2. The van der Waals surface area contributed by atoms with Crippen molar-refractivity contribution in [3.63, 3.8) is 0 Å². The molecule has 0 saturated carbocycles. The second-order valence-corrected chi connectivity index (χ2v) is 12.0. The van der Waals surface area contributed by atoms with E-state index in [9.17, 15) is 18.0 Å². The van der Waals surface area contributed by atoms with Crippen molar-refractivity contribution in [3.8, 4) is 11.5 Å². The van der Waals surface area contributed by atoms with Crippen molar-refractivity contribution < 1.29 is 27.5 Å². The topological polar surface area (TPSA) is 105 Å². The number of aryl methyl sites for hydroxylation is 1. The zero-order valence-corrected chi connectivity index (χ0v) is 26.3. The Bertz CT molecular complexity index is 1450. The average molecular weight is 647 g/mol. The monoisotopic (exact) mass is 645 g/mol. The lowest BCUT2D eigenvalue weighted by atomic mass is 10.1. The fourth-order valence-electron chi connectivity index (χ4n) is 4.31. The van der Waals surface area contributed by atoms with Crippen molar-refractivity contribution in [1.29, 1.82) is 0 Å². The molecule has 0 aromatic heterocycles. The van der Waals surface area contributed by atoms with Gasteiger partial charge < -0.3 is 19.7 Å². The highest BCUT2D eigenvalue weighted by atomic mass is 79.9. The molecule has 9 nitrogen and oxygen atoms in total. The van der Waals surface area contributed by atoms with Gasteiger partial charge in [-0.1, -0.05) is 36.8 Å². The van der Waals surface area contributed by atoms with Gasteiger partial charge in [0.05, 0.1) is 29.3 Å². The molecule has 0 heterocycles. The predicted molar refractivity (Wildman–Crippen MR) is 163 cm³/mol. The van der Waals surface area contributed by atoms with Gasteiger partial charge in [0.25, 0.3) is 10.0 Å². The number of nitrogens with zero attached hydrogens (tertiary/aromatic N) is 2. The molecule has 0 saturated heterocycles. The molecule has 1 atom stereocenters. The summed E-state index contributed by atoms with van der Waals surface area (Å²) in [5, 5.41) is 2.80. The zero-order valence-electron chi connectivity index (χ0n) is 23.9. The van der Waals surface area contributed by atoms with E-state index in [1.54, 1.807) is 56.5 Å². The van der Waals surface area contributed by atoms with E-state index in [1.807, 2.05) is 26.0 Å². The molecule has 0 fully saturated rings. The lowest BCUT2D eigenvalue weighted by Crippen LogP contribution is -2.52. The Morgan fingerprint density at radius 3 is 2.15 bits per heavy atom. The average Bonchev–Trinajstić information content (AvgIpc) is 2.96. The molecule has 3 rings (SSSR count). The van der Waals surface area contributed by atoms with E-state index in [1.165, 1.54) is 24.1 Å². The highest BCUT2D eigenvalue weighted by molar-refractivity contribution is 9.10. The fourth-order valence-corrected chi connectivity index (χ4v) is 6.45. The minimum absolute atomic E-state index is 0.0176. The molecule has 11 heteroatoms. The van der Waals surface area contributed by atoms with Crippen LogP contribution in [0.3, 0.4) is 0 Å². The Hall–Kier alpha value is -3.57. The van der Waals surface area contributed by atoms with Crippen LogP contribution >= 0.6 is 15.9 Å². The van der Waals surface area contributed by atoms with Crippen LogP contribution in [0, 0.1) is 6.92 Å². The van der Waals surface area contributed by atoms with Crippen molar-refractivity contribution in [2.45, 2.75) is 44.7 Å². The van der Waals surface area contributed by atoms with Gasteiger partial charge in [-0.15, -0.1) is 0 Å². The van der Waals surface area contributed by atoms with Crippen LogP contribution in [0.2, 0.25) is 0 Å². The van der Waals surface area contributed by atoms with Crippen LogP contribution in [0.4, 0.5) is 5.69 Å². The van der Waals surface area contributed by atoms with Crippen molar-refractivity contribution in [2.24, 2.45) is 0 Å². The number of ether oxygens (including phenoxy) is 2. The number of amides is 2. The first-order chi connectivity index (χ1) is 19.5. The summed E-state index contributed by atoms with van der Waals surface area (Å²) in [6.45, 7) is 5.51. The maximum atomic E-state index is 14.1. The Balaban J connectivity index is 2.07. The number of sulfonamides is 1. The molecule has 0 bridgehead atoms. The number of hydrogen-bond acceptors (Lipinski definition) is 6. The fraction of sp³-hybridized carbons (Fsp3) is 0.333. The summed E-state index contributed by atoms with van der Waals surface area (Å²) in [6, 6.07) is 17.7. The highest BCUT2D eigenvalue weighted by Gasteiger charge is 2.33. The van der Waals surface area contributed by atoms with Crippen LogP contribution in [0.15, 0.2) is 76.1 Å². The molecular formula is C30H36BrN3O6S. The van der Waals surface area contributed by atoms with Crippen molar-refractivity contribution in [3.05, 3.63) is 82.3 Å². The molecule has 220 valence electrons. The molecule has 0 aliphatic heterocycles. The first-order valence-corrected chi connectivity index (χ1v) is 15.4. The van der Waals surface area contributed by atoms with Gasteiger partial charge in [-0.2, -0.15) is 0 Å². The SMILES string of the molecule is CCNC(=O)[C@H](CC)N(Cc1ccc(OC)cc1)C(=O)CN(c1ccc(C)cc1)S(=O)(=O)c1ccc(OC)c(Br)c1. The molecule has 41 heavy (non-hydrogen) atoms. The maximum absolute atomic E-state index is 14.1. The van der Waals surface area contributed by atoms with Crippen molar-refractivity contribution in [1.82, 2.24) is 10.2 Å². The van der Waals surface area contributed by atoms with Gasteiger partial charge in [0.1, 0.15) is 24.1 Å². The molecule has 0 radical (unpaired) electrons. The molecule has 0 unspecified atom stereocenters. The van der Waals surface area contributed by atoms with Crippen LogP contribution in [0.1, 0.15) is 31.4 Å². The lowest BCUT2D eigenvalue weighted by molar-refractivity contribution is -0.140. The number of anilines is 1. The number of nitrogens with one attached hydrogen (secondary N) is 1. The third kappa shape index (κ3) is 7.80. The summed E-state index contributed by atoms with van der Waals surface area (Å²) in [7, 11) is -1.15. The summed E-state index contributed by atoms with van der Waals surface area (Å²) in [5.74, 6) is 0.307. The van der Waals surface area contributed by atoms with Crippen LogP contribution in [0.5, 0.6) is 11.5 Å². The lowest BCUT2D eigenvalue weighted by Gasteiger charge is -2.33. The number of rotatable bonds is 13. The first kappa shape index (κ1) is 32.0. The van der Waals surface area contributed by atoms with E-state index < -0.39 is 28.5 Å². The molecule has 1 N–H and O–H groups in total. The number of benzene rings is 3. The summed E-state index contributed by atoms with van der Waals surface area (Å²) in [4.78, 5) is 28.5. The first-order valence-electron chi connectivity index (χ1n) is 13.2. The number of halogens is 1. The highest BCUT2D eigenvalue weighted by Crippen LogP contribution is 2.31. The smallest absolute Gasteiger partial charge is 0.264 e. The summed E-state index contributed by atoms with van der Waals surface area (Å²) in [6.07, 6.45) is 0.344.